The lowest BCUT2D eigenvalue weighted by molar-refractivity contribution is -0.129. The fraction of sp³-hybridized carbons (Fsp3) is 0.143. The van der Waals surface area contributed by atoms with Crippen LogP contribution in [0.5, 0.6) is 11.5 Å². The number of ether oxygens (including phenoxy) is 2. The van der Waals surface area contributed by atoms with E-state index in [1.807, 2.05) is 0 Å². The van der Waals surface area contributed by atoms with E-state index in [-0.39, 0.29) is 16.4 Å². The number of hydrogen-bond acceptors (Lipinski definition) is 7. The number of thiocarbonyl (C=S) groups is 1. The van der Waals surface area contributed by atoms with Crippen LogP contribution in [0.15, 0.2) is 47.4 Å². The van der Waals surface area contributed by atoms with E-state index < -0.39 is 23.5 Å². The van der Waals surface area contributed by atoms with Crippen molar-refractivity contribution in [3.63, 3.8) is 0 Å². The Morgan fingerprint density at radius 2 is 1.78 bits per heavy atom. The van der Waals surface area contributed by atoms with Crippen LogP contribution in [0.25, 0.3) is 6.08 Å². The smallest absolute Gasteiger partial charge is 0.269 e. The van der Waals surface area contributed by atoms with Crippen LogP contribution in [0.3, 0.4) is 0 Å². The van der Waals surface area contributed by atoms with Gasteiger partial charge in [0.05, 0.1) is 19.1 Å². The summed E-state index contributed by atoms with van der Waals surface area (Å²) in [6.07, 6.45) is 1.63. The van der Waals surface area contributed by atoms with Crippen molar-refractivity contribution in [1.29, 1.82) is 0 Å². The average Bonchev–Trinajstić information content (AvgIpc) is 3.05. The summed E-state index contributed by atoms with van der Waals surface area (Å²) < 4.78 is 23.6. The molecule has 2 N–H and O–H groups in total. The molecule has 8 nitrogen and oxygen atoms in total. The van der Waals surface area contributed by atoms with Crippen LogP contribution in [0.4, 0.5) is 4.39 Å². The minimum atomic E-state index is -0.649. The average molecular weight is 476 g/mol. The van der Waals surface area contributed by atoms with Crippen molar-refractivity contribution in [3.8, 4) is 11.5 Å². The van der Waals surface area contributed by atoms with Gasteiger partial charge in [-0.2, -0.15) is 0 Å². The summed E-state index contributed by atoms with van der Waals surface area (Å²) in [6.45, 7) is -0.377. The summed E-state index contributed by atoms with van der Waals surface area (Å²) in [5.74, 6) is -1.14. The Bertz CT molecular complexity index is 1110. The molecule has 2 aromatic rings. The fourth-order valence-corrected chi connectivity index (χ4v) is 3.97. The third kappa shape index (κ3) is 5.42. The van der Waals surface area contributed by atoms with Crippen LogP contribution < -0.4 is 20.3 Å². The normalized spacial score (nSPS) is 14.5. The SMILES string of the molecule is COc1ccc(/C=C2\SC(=S)N(CC(=O)NNC(=O)c3ccc(F)cc3)C2=O)cc1OC. The third-order valence-corrected chi connectivity index (χ3v) is 5.68. The Morgan fingerprint density at radius 3 is 2.44 bits per heavy atom. The first-order valence-electron chi connectivity index (χ1n) is 9.14. The number of methoxy groups -OCH3 is 2. The maximum atomic E-state index is 12.9. The number of benzene rings is 2. The highest BCUT2D eigenvalue weighted by atomic mass is 32.2. The number of hydrogen-bond donors (Lipinski definition) is 2. The van der Waals surface area contributed by atoms with Crippen molar-refractivity contribution in [3.05, 3.63) is 64.3 Å². The van der Waals surface area contributed by atoms with Crippen LogP contribution in [-0.4, -0.2) is 47.7 Å². The molecule has 1 fully saturated rings. The molecule has 0 atom stereocenters. The van der Waals surface area contributed by atoms with Crippen LogP contribution in [0, 0.1) is 5.82 Å². The van der Waals surface area contributed by atoms with Gasteiger partial charge < -0.3 is 9.47 Å². The van der Waals surface area contributed by atoms with Crippen molar-refractivity contribution < 1.29 is 28.2 Å². The summed E-state index contributed by atoms with van der Waals surface area (Å²) in [6, 6.07) is 9.98. The van der Waals surface area contributed by atoms with E-state index >= 15 is 0 Å². The molecule has 3 amide bonds. The Labute approximate surface area is 192 Å². The van der Waals surface area contributed by atoms with Crippen LogP contribution in [0.2, 0.25) is 0 Å². The van der Waals surface area contributed by atoms with Gasteiger partial charge in [0.25, 0.3) is 17.7 Å². The second kappa shape index (κ2) is 10.2. The predicted molar refractivity (Wildman–Crippen MR) is 121 cm³/mol. The van der Waals surface area contributed by atoms with Crippen molar-refractivity contribution in [2.75, 3.05) is 20.8 Å². The number of hydrazine groups is 1. The molecule has 0 saturated carbocycles. The molecule has 11 heteroatoms. The molecule has 1 aliphatic heterocycles. The summed E-state index contributed by atoms with van der Waals surface area (Å²) in [5.41, 5.74) is 5.27. The van der Waals surface area contributed by atoms with Crippen LogP contribution >= 0.6 is 24.0 Å². The lowest BCUT2D eigenvalue weighted by atomic mass is 10.2. The number of carbonyl (C=O) groups is 3. The maximum absolute atomic E-state index is 12.9. The third-order valence-electron chi connectivity index (χ3n) is 4.30. The second-order valence-electron chi connectivity index (χ2n) is 6.39. The standard InChI is InChI=1S/C21H18FN3O5S2/c1-29-15-8-3-12(9-16(15)30-2)10-17-20(28)25(21(31)32-17)11-18(26)23-24-19(27)13-4-6-14(22)7-5-13/h3-10H,11H2,1-2H3,(H,23,26)(H,24,27)/b17-10-. The first-order chi connectivity index (χ1) is 15.3. The van der Waals surface area contributed by atoms with E-state index in [0.717, 1.165) is 28.8 Å². The van der Waals surface area contributed by atoms with E-state index in [2.05, 4.69) is 10.9 Å². The Kier molecular flexibility index (Phi) is 7.44. The zero-order valence-electron chi connectivity index (χ0n) is 17.0. The minimum Gasteiger partial charge on any atom is -0.493 e. The Balaban J connectivity index is 1.62. The quantitative estimate of drug-likeness (QED) is 0.376. The lowest BCUT2D eigenvalue weighted by Crippen LogP contribution is -2.47. The molecule has 0 aromatic heterocycles. The van der Waals surface area contributed by atoms with Crippen molar-refractivity contribution >= 4 is 52.1 Å². The Morgan fingerprint density at radius 1 is 1.09 bits per heavy atom. The van der Waals surface area contributed by atoms with E-state index in [0.29, 0.717) is 22.0 Å². The number of nitrogens with one attached hydrogen (secondary N) is 2. The lowest BCUT2D eigenvalue weighted by Gasteiger charge is -2.14. The van der Waals surface area contributed by atoms with Gasteiger partial charge >= 0.3 is 0 Å². The van der Waals surface area contributed by atoms with E-state index in [1.54, 1.807) is 24.3 Å². The zero-order valence-corrected chi connectivity index (χ0v) is 18.6. The molecular formula is C21H18FN3O5S2. The number of thioether (sulfide) groups is 1. The van der Waals surface area contributed by atoms with Gasteiger partial charge in [0, 0.05) is 5.56 Å². The molecule has 0 unspecified atom stereocenters. The molecule has 0 bridgehead atoms. The van der Waals surface area contributed by atoms with Gasteiger partial charge in [-0.25, -0.2) is 4.39 Å². The van der Waals surface area contributed by atoms with E-state index in [1.165, 1.54) is 26.4 Å². The largest absolute Gasteiger partial charge is 0.493 e. The van der Waals surface area contributed by atoms with E-state index in [9.17, 15) is 18.8 Å². The molecule has 1 aliphatic rings. The molecule has 166 valence electrons. The van der Waals surface area contributed by atoms with Crippen molar-refractivity contribution in [1.82, 2.24) is 15.8 Å². The minimum absolute atomic E-state index is 0.162. The molecule has 0 aliphatic carbocycles. The number of rotatable bonds is 6. The summed E-state index contributed by atoms with van der Waals surface area (Å²) in [4.78, 5) is 38.4. The maximum Gasteiger partial charge on any atom is 0.269 e. The molecular weight excluding hydrogens is 457 g/mol. The Hall–Kier alpha value is -3.44. The van der Waals surface area contributed by atoms with Crippen molar-refractivity contribution in [2.45, 2.75) is 0 Å². The highest BCUT2D eigenvalue weighted by Crippen LogP contribution is 2.34. The van der Waals surface area contributed by atoms with Gasteiger partial charge in [-0.15, -0.1) is 0 Å². The number of carbonyl (C=O) groups excluding carboxylic acids is 3. The highest BCUT2D eigenvalue weighted by molar-refractivity contribution is 8.26. The van der Waals surface area contributed by atoms with E-state index in [4.69, 9.17) is 21.7 Å². The van der Waals surface area contributed by atoms with Gasteiger partial charge in [-0.1, -0.05) is 30.0 Å². The first-order valence-corrected chi connectivity index (χ1v) is 10.4. The highest BCUT2D eigenvalue weighted by Gasteiger charge is 2.33. The summed E-state index contributed by atoms with van der Waals surface area (Å²) in [5, 5.41) is 0. The molecule has 1 saturated heterocycles. The van der Waals surface area contributed by atoms with Gasteiger partial charge in [0.15, 0.2) is 11.5 Å². The predicted octanol–water partition coefficient (Wildman–Crippen LogP) is 2.51. The van der Waals surface area contributed by atoms with Gasteiger partial charge in [-0.05, 0) is 48.0 Å². The van der Waals surface area contributed by atoms with Gasteiger partial charge in [0.2, 0.25) is 0 Å². The summed E-state index contributed by atoms with van der Waals surface area (Å²) >= 11 is 6.28. The summed E-state index contributed by atoms with van der Waals surface area (Å²) in [7, 11) is 3.03. The fourth-order valence-electron chi connectivity index (χ4n) is 2.71. The molecule has 32 heavy (non-hydrogen) atoms. The molecule has 0 spiro atoms. The molecule has 0 radical (unpaired) electrons. The van der Waals surface area contributed by atoms with Crippen molar-refractivity contribution in [2.24, 2.45) is 0 Å². The monoisotopic (exact) mass is 475 g/mol. The number of amides is 3. The van der Waals surface area contributed by atoms with Crippen LogP contribution in [-0.2, 0) is 9.59 Å². The zero-order chi connectivity index (χ0) is 23.3. The number of halogens is 1. The first kappa shape index (κ1) is 23.2. The molecule has 3 rings (SSSR count). The van der Waals surface area contributed by atoms with Crippen LogP contribution in [0.1, 0.15) is 15.9 Å². The topological polar surface area (TPSA) is 97.0 Å². The molecule has 2 aromatic carbocycles. The second-order valence-corrected chi connectivity index (χ2v) is 8.07. The van der Waals surface area contributed by atoms with Gasteiger partial charge in [0.1, 0.15) is 16.7 Å². The van der Waals surface area contributed by atoms with Gasteiger partial charge in [-0.3, -0.25) is 30.1 Å². The molecule has 1 heterocycles. The number of nitrogens with zero attached hydrogens (tertiary/aromatic N) is 1.